The number of pyridine rings is 1. The Bertz CT molecular complexity index is 1030. The van der Waals surface area contributed by atoms with Gasteiger partial charge >= 0.3 is 6.18 Å². The first kappa shape index (κ1) is 22.5. The van der Waals surface area contributed by atoms with E-state index in [0.29, 0.717) is 22.5 Å². The van der Waals surface area contributed by atoms with Crippen molar-refractivity contribution in [1.29, 1.82) is 0 Å². The van der Waals surface area contributed by atoms with Crippen LogP contribution in [0.2, 0.25) is 0 Å². The van der Waals surface area contributed by atoms with Gasteiger partial charge in [0.15, 0.2) is 0 Å². The van der Waals surface area contributed by atoms with Gasteiger partial charge in [-0.2, -0.15) is 13.2 Å². The zero-order valence-electron chi connectivity index (χ0n) is 17.1. The highest BCUT2D eigenvalue weighted by molar-refractivity contribution is 5.92. The standard InChI is InChI=1S/C24H23F3N2O2/c1-15-6-7-18(23(31)20-5-3-4-12-28-20)14-21(15)29-22(30)13-16(2)17-8-10-19(11-9-17)24(25,26)27/h3-12,14,16,23,31H,13H2,1-2H3,(H,29,30)/t16-,23-/m0/s1. The van der Waals surface area contributed by atoms with Gasteiger partial charge in [-0.15, -0.1) is 0 Å². The second-order valence-corrected chi connectivity index (χ2v) is 7.50. The molecule has 162 valence electrons. The van der Waals surface area contributed by atoms with Crippen molar-refractivity contribution in [3.05, 3.63) is 94.8 Å². The van der Waals surface area contributed by atoms with Crippen molar-refractivity contribution in [3.8, 4) is 0 Å². The first-order valence-corrected chi connectivity index (χ1v) is 9.81. The Hall–Kier alpha value is -3.19. The van der Waals surface area contributed by atoms with Crippen LogP contribution in [-0.4, -0.2) is 16.0 Å². The molecular formula is C24H23F3N2O2. The Morgan fingerprint density at radius 2 is 1.74 bits per heavy atom. The number of aromatic nitrogens is 1. The molecule has 0 saturated heterocycles. The number of hydrogen-bond acceptors (Lipinski definition) is 3. The maximum Gasteiger partial charge on any atom is 0.416 e. The molecule has 0 radical (unpaired) electrons. The van der Waals surface area contributed by atoms with E-state index >= 15 is 0 Å². The van der Waals surface area contributed by atoms with Crippen molar-refractivity contribution >= 4 is 11.6 Å². The fourth-order valence-corrected chi connectivity index (χ4v) is 3.25. The third kappa shape index (κ3) is 5.70. The summed E-state index contributed by atoms with van der Waals surface area (Å²) >= 11 is 0. The average molecular weight is 428 g/mol. The van der Waals surface area contributed by atoms with Gasteiger partial charge in [0.1, 0.15) is 6.10 Å². The molecule has 3 aromatic rings. The monoisotopic (exact) mass is 428 g/mol. The molecule has 0 bridgehead atoms. The lowest BCUT2D eigenvalue weighted by atomic mass is 9.96. The van der Waals surface area contributed by atoms with Crippen molar-refractivity contribution in [1.82, 2.24) is 4.98 Å². The summed E-state index contributed by atoms with van der Waals surface area (Å²) in [6, 6.07) is 15.4. The number of alkyl halides is 3. The third-order valence-corrected chi connectivity index (χ3v) is 5.12. The smallest absolute Gasteiger partial charge is 0.382 e. The molecule has 2 N–H and O–H groups in total. The van der Waals surface area contributed by atoms with Crippen molar-refractivity contribution in [3.63, 3.8) is 0 Å². The zero-order valence-corrected chi connectivity index (χ0v) is 17.1. The van der Waals surface area contributed by atoms with E-state index in [1.54, 1.807) is 49.5 Å². The molecule has 0 fully saturated rings. The van der Waals surface area contributed by atoms with E-state index in [1.807, 2.05) is 6.92 Å². The molecule has 4 nitrogen and oxygen atoms in total. The van der Waals surface area contributed by atoms with Crippen LogP contribution in [0.15, 0.2) is 66.9 Å². The third-order valence-electron chi connectivity index (χ3n) is 5.12. The van der Waals surface area contributed by atoms with Crippen LogP contribution in [0.5, 0.6) is 0 Å². The van der Waals surface area contributed by atoms with E-state index in [4.69, 9.17) is 0 Å². The molecule has 0 aliphatic rings. The Morgan fingerprint density at radius 3 is 2.35 bits per heavy atom. The number of halogens is 3. The van der Waals surface area contributed by atoms with Gasteiger partial charge in [-0.05, 0) is 59.9 Å². The van der Waals surface area contributed by atoms with Crippen LogP contribution >= 0.6 is 0 Å². The minimum Gasteiger partial charge on any atom is -0.382 e. The van der Waals surface area contributed by atoms with Crippen molar-refractivity contribution in [2.75, 3.05) is 5.32 Å². The van der Waals surface area contributed by atoms with Crippen LogP contribution in [-0.2, 0) is 11.0 Å². The number of nitrogens with zero attached hydrogens (tertiary/aromatic N) is 1. The minimum atomic E-state index is -4.39. The summed E-state index contributed by atoms with van der Waals surface area (Å²) in [4.78, 5) is 16.7. The fraction of sp³-hybridized carbons (Fsp3) is 0.250. The van der Waals surface area contributed by atoms with E-state index in [-0.39, 0.29) is 18.2 Å². The molecule has 1 amide bonds. The van der Waals surface area contributed by atoms with Gasteiger partial charge < -0.3 is 10.4 Å². The molecule has 1 aromatic heterocycles. The number of carbonyl (C=O) groups is 1. The average Bonchev–Trinajstić information content (AvgIpc) is 2.75. The number of anilines is 1. The number of benzene rings is 2. The number of amides is 1. The topological polar surface area (TPSA) is 62.2 Å². The highest BCUT2D eigenvalue weighted by Gasteiger charge is 2.30. The first-order chi connectivity index (χ1) is 14.6. The summed E-state index contributed by atoms with van der Waals surface area (Å²) in [5.74, 6) is -0.523. The quantitative estimate of drug-likeness (QED) is 0.535. The molecule has 0 spiro atoms. The maximum atomic E-state index is 12.7. The van der Waals surface area contributed by atoms with Crippen molar-refractivity contribution in [2.45, 2.75) is 38.5 Å². The summed E-state index contributed by atoms with van der Waals surface area (Å²) in [6.07, 6.45) is -3.61. The first-order valence-electron chi connectivity index (χ1n) is 9.81. The van der Waals surface area contributed by atoms with E-state index in [9.17, 15) is 23.1 Å². The fourth-order valence-electron chi connectivity index (χ4n) is 3.25. The molecular weight excluding hydrogens is 405 g/mol. The predicted octanol–water partition coefficient (Wildman–Crippen LogP) is 5.62. The molecule has 2 aromatic carbocycles. The SMILES string of the molecule is Cc1ccc([C@H](O)c2ccccn2)cc1NC(=O)C[C@H](C)c1ccc(C(F)(F)F)cc1. The molecule has 0 saturated carbocycles. The summed E-state index contributed by atoms with van der Waals surface area (Å²) in [6.45, 7) is 3.63. The van der Waals surface area contributed by atoms with Gasteiger partial charge in [-0.1, -0.05) is 37.3 Å². The van der Waals surface area contributed by atoms with Crippen LogP contribution < -0.4 is 5.32 Å². The van der Waals surface area contributed by atoms with E-state index < -0.39 is 17.8 Å². The molecule has 2 atom stereocenters. The normalized spacial score (nSPS) is 13.5. The Balaban J connectivity index is 1.68. The summed E-state index contributed by atoms with van der Waals surface area (Å²) in [7, 11) is 0. The number of aryl methyl sites for hydroxylation is 1. The highest BCUT2D eigenvalue weighted by atomic mass is 19.4. The molecule has 31 heavy (non-hydrogen) atoms. The minimum absolute atomic E-state index is 0.109. The number of carbonyl (C=O) groups excluding carboxylic acids is 1. The lowest BCUT2D eigenvalue weighted by Crippen LogP contribution is -2.16. The summed E-state index contributed by atoms with van der Waals surface area (Å²) in [5.41, 5.74) is 2.42. The Morgan fingerprint density at radius 1 is 1.06 bits per heavy atom. The highest BCUT2D eigenvalue weighted by Crippen LogP contribution is 2.31. The number of rotatable bonds is 6. The van der Waals surface area contributed by atoms with Crippen molar-refractivity contribution < 1.29 is 23.1 Å². The second-order valence-electron chi connectivity index (χ2n) is 7.50. The second kappa shape index (κ2) is 9.31. The largest absolute Gasteiger partial charge is 0.416 e. The molecule has 0 aliphatic heterocycles. The van der Waals surface area contributed by atoms with Gasteiger partial charge in [0.25, 0.3) is 0 Å². The summed E-state index contributed by atoms with van der Waals surface area (Å²) in [5, 5.41) is 13.4. The molecule has 0 unspecified atom stereocenters. The van der Waals surface area contributed by atoms with Crippen LogP contribution in [0.3, 0.4) is 0 Å². The number of hydrogen-bond donors (Lipinski definition) is 2. The lowest BCUT2D eigenvalue weighted by molar-refractivity contribution is -0.137. The van der Waals surface area contributed by atoms with Crippen LogP contribution in [0, 0.1) is 6.92 Å². The molecule has 0 aliphatic carbocycles. The summed E-state index contributed by atoms with van der Waals surface area (Å²) < 4.78 is 38.2. The Kier molecular flexibility index (Phi) is 6.75. The number of nitrogens with one attached hydrogen (secondary N) is 1. The van der Waals surface area contributed by atoms with Gasteiger partial charge in [0.2, 0.25) is 5.91 Å². The van der Waals surface area contributed by atoms with Gasteiger partial charge in [-0.3, -0.25) is 9.78 Å². The van der Waals surface area contributed by atoms with Crippen LogP contribution in [0.25, 0.3) is 0 Å². The van der Waals surface area contributed by atoms with Crippen molar-refractivity contribution in [2.24, 2.45) is 0 Å². The van der Waals surface area contributed by atoms with E-state index in [0.717, 1.165) is 17.7 Å². The number of aliphatic hydroxyl groups excluding tert-OH is 1. The lowest BCUT2D eigenvalue weighted by Gasteiger charge is -2.16. The Labute approximate surface area is 178 Å². The number of aliphatic hydroxyl groups is 1. The predicted molar refractivity (Wildman–Crippen MR) is 113 cm³/mol. The van der Waals surface area contributed by atoms with E-state index in [2.05, 4.69) is 10.3 Å². The maximum absolute atomic E-state index is 12.7. The molecule has 1 heterocycles. The van der Waals surface area contributed by atoms with E-state index in [1.165, 1.54) is 12.1 Å². The molecule has 3 rings (SSSR count). The van der Waals surface area contributed by atoms with Gasteiger partial charge in [0.05, 0.1) is 11.3 Å². The zero-order chi connectivity index (χ0) is 22.6. The van der Waals surface area contributed by atoms with Gasteiger partial charge in [-0.25, -0.2) is 0 Å². The van der Waals surface area contributed by atoms with Gasteiger partial charge in [0, 0.05) is 18.3 Å². The van der Waals surface area contributed by atoms with Crippen LogP contribution in [0.1, 0.15) is 53.3 Å². The van der Waals surface area contributed by atoms with Crippen LogP contribution in [0.4, 0.5) is 18.9 Å². The molecule has 7 heteroatoms.